The lowest BCUT2D eigenvalue weighted by Crippen LogP contribution is -2.22. The molecule has 0 aliphatic rings. The minimum atomic E-state index is -0.0137. The Balaban J connectivity index is 2.80. The van der Waals surface area contributed by atoms with Crippen LogP contribution in [-0.2, 0) is 11.2 Å². The van der Waals surface area contributed by atoms with Crippen LogP contribution in [0.5, 0.6) is 11.5 Å². The first-order valence-electron chi connectivity index (χ1n) is 5.23. The number of hydrogen-bond acceptors (Lipinski definition) is 3. The second kappa shape index (κ2) is 6.68. The van der Waals surface area contributed by atoms with Crippen molar-refractivity contribution in [2.75, 3.05) is 20.8 Å². The molecular weight excluding hydrogens is 333 g/mol. The largest absolute Gasteiger partial charge is 0.493 e. The number of benzene rings is 1. The molecule has 4 nitrogen and oxygen atoms in total. The summed E-state index contributed by atoms with van der Waals surface area (Å²) in [5, 5.41) is 2.77. The summed E-state index contributed by atoms with van der Waals surface area (Å²) in [7, 11) is 3.24. The standard InChI is InChI=1S/C12H16INO3/c1-8(15)14-5-4-9-6-10(13)12(17-3)11(7-9)16-2/h6-7H,4-5H2,1-3H3,(H,14,15). The second-order valence-corrected chi connectivity index (χ2v) is 4.71. The minimum absolute atomic E-state index is 0.0137. The Labute approximate surface area is 115 Å². The molecule has 0 aromatic heterocycles. The number of ether oxygens (including phenoxy) is 2. The van der Waals surface area contributed by atoms with Gasteiger partial charge in [-0.25, -0.2) is 0 Å². The molecule has 0 aliphatic carbocycles. The van der Waals surface area contributed by atoms with Crippen LogP contribution in [0.15, 0.2) is 12.1 Å². The fraction of sp³-hybridized carbons (Fsp3) is 0.417. The summed E-state index contributed by atoms with van der Waals surface area (Å²) in [4.78, 5) is 10.8. The van der Waals surface area contributed by atoms with Crippen LogP contribution in [0.1, 0.15) is 12.5 Å². The lowest BCUT2D eigenvalue weighted by molar-refractivity contribution is -0.118. The molecule has 0 bridgehead atoms. The van der Waals surface area contributed by atoms with Gasteiger partial charge in [0, 0.05) is 13.5 Å². The van der Waals surface area contributed by atoms with Crippen LogP contribution in [0.3, 0.4) is 0 Å². The zero-order valence-corrected chi connectivity index (χ0v) is 12.3. The SMILES string of the molecule is COc1cc(CCNC(C)=O)cc(I)c1OC. The molecule has 0 aliphatic heterocycles. The monoisotopic (exact) mass is 349 g/mol. The van der Waals surface area contributed by atoms with E-state index in [1.807, 2.05) is 12.1 Å². The van der Waals surface area contributed by atoms with E-state index in [1.165, 1.54) is 6.92 Å². The molecular formula is C12H16INO3. The van der Waals surface area contributed by atoms with Crippen molar-refractivity contribution in [2.45, 2.75) is 13.3 Å². The van der Waals surface area contributed by atoms with E-state index in [1.54, 1.807) is 14.2 Å². The van der Waals surface area contributed by atoms with E-state index in [0.717, 1.165) is 27.1 Å². The molecule has 1 aromatic carbocycles. The predicted molar refractivity (Wildman–Crippen MR) is 74.7 cm³/mol. The van der Waals surface area contributed by atoms with Gasteiger partial charge >= 0.3 is 0 Å². The molecule has 0 saturated carbocycles. The van der Waals surface area contributed by atoms with Crippen molar-refractivity contribution in [1.82, 2.24) is 5.32 Å². The summed E-state index contributed by atoms with van der Waals surface area (Å²) in [6, 6.07) is 3.96. The highest BCUT2D eigenvalue weighted by Gasteiger charge is 2.10. The van der Waals surface area contributed by atoms with Crippen molar-refractivity contribution < 1.29 is 14.3 Å². The molecule has 0 heterocycles. The van der Waals surface area contributed by atoms with E-state index in [0.29, 0.717) is 6.54 Å². The van der Waals surface area contributed by atoms with Gasteiger partial charge in [-0.1, -0.05) is 0 Å². The van der Waals surface area contributed by atoms with Crippen molar-refractivity contribution in [3.05, 3.63) is 21.3 Å². The highest BCUT2D eigenvalue weighted by Crippen LogP contribution is 2.33. The van der Waals surface area contributed by atoms with Crippen molar-refractivity contribution in [2.24, 2.45) is 0 Å². The second-order valence-electron chi connectivity index (χ2n) is 3.55. The predicted octanol–water partition coefficient (Wildman–Crippen LogP) is 1.99. The van der Waals surface area contributed by atoms with Crippen LogP contribution in [0.2, 0.25) is 0 Å². The Bertz CT molecular complexity index is 407. The fourth-order valence-corrected chi connectivity index (χ4v) is 2.38. The summed E-state index contributed by atoms with van der Waals surface area (Å²) >= 11 is 2.21. The summed E-state index contributed by atoms with van der Waals surface area (Å²) in [6.07, 6.45) is 0.774. The zero-order valence-electron chi connectivity index (χ0n) is 10.2. The lowest BCUT2D eigenvalue weighted by atomic mass is 10.1. The van der Waals surface area contributed by atoms with Gasteiger partial charge in [0.1, 0.15) is 0 Å². The van der Waals surface area contributed by atoms with Crippen LogP contribution in [0, 0.1) is 3.57 Å². The summed E-state index contributed by atoms with van der Waals surface area (Å²) in [5.41, 5.74) is 1.11. The number of methoxy groups -OCH3 is 2. The maximum absolute atomic E-state index is 10.8. The number of halogens is 1. The minimum Gasteiger partial charge on any atom is -0.493 e. The molecule has 0 atom stereocenters. The van der Waals surface area contributed by atoms with E-state index in [-0.39, 0.29) is 5.91 Å². The number of carbonyl (C=O) groups is 1. The summed E-state index contributed by atoms with van der Waals surface area (Å²) < 4.78 is 11.5. The lowest BCUT2D eigenvalue weighted by Gasteiger charge is -2.12. The van der Waals surface area contributed by atoms with Gasteiger partial charge in [-0.3, -0.25) is 4.79 Å². The Kier molecular flexibility index (Phi) is 5.54. The molecule has 94 valence electrons. The molecule has 0 fully saturated rings. The maximum atomic E-state index is 10.8. The molecule has 0 saturated heterocycles. The Hall–Kier alpha value is -0.980. The molecule has 17 heavy (non-hydrogen) atoms. The van der Waals surface area contributed by atoms with Gasteiger partial charge < -0.3 is 14.8 Å². The van der Waals surface area contributed by atoms with Crippen molar-refractivity contribution >= 4 is 28.5 Å². The third-order valence-electron chi connectivity index (χ3n) is 2.28. The van der Waals surface area contributed by atoms with Crippen LogP contribution in [-0.4, -0.2) is 26.7 Å². The van der Waals surface area contributed by atoms with Gasteiger partial charge in [-0.15, -0.1) is 0 Å². The van der Waals surface area contributed by atoms with E-state index in [2.05, 4.69) is 27.9 Å². The molecule has 0 radical (unpaired) electrons. The topological polar surface area (TPSA) is 47.6 Å². The molecule has 0 unspecified atom stereocenters. The van der Waals surface area contributed by atoms with E-state index in [9.17, 15) is 4.79 Å². The molecule has 1 amide bonds. The summed E-state index contributed by atoms with van der Waals surface area (Å²) in [6.45, 7) is 2.14. The third kappa shape index (κ3) is 4.07. The van der Waals surface area contributed by atoms with Gasteiger partial charge in [-0.05, 0) is 46.7 Å². The third-order valence-corrected chi connectivity index (χ3v) is 3.08. The van der Waals surface area contributed by atoms with E-state index in [4.69, 9.17) is 9.47 Å². The van der Waals surface area contributed by atoms with Gasteiger partial charge in [-0.2, -0.15) is 0 Å². The van der Waals surface area contributed by atoms with Crippen LogP contribution in [0.4, 0.5) is 0 Å². The van der Waals surface area contributed by atoms with Gasteiger partial charge in [0.05, 0.1) is 17.8 Å². The molecule has 5 heteroatoms. The average molecular weight is 349 g/mol. The first-order chi connectivity index (χ1) is 8.08. The number of hydrogen-bond donors (Lipinski definition) is 1. The number of rotatable bonds is 5. The number of nitrogens with one attached hydrogen (secondary N) is 1. The zero-order chi connectivity index (χ0) is 12.8. The van der Waals surface area contributed by atoms with E-state index < -0.39 is 0 Å². The number of carbonyl (C=O) groups excluding carboxylic acids is 1. The molecule has 1 aromatic rings. The van der Waals surface area contributed by atoms with Gasteiger partial charge in [0.25, 0.3) is 0 Å². The molecule has 1 rings (SSSR count). The Morgan fingerprint density at radius 3 is 2.59 bits per heavy atom. The van der Waals surface area contributed by atoms with Crippen LogP contribution in [0.25, 0.3) is 0 Å². The maximum Gasteiger partial charge on any atom is 0.216 e. The van der Waals surface area contributed by atoms with Crippen molar-refractivity contribution in [3.63, 3.8) is 0 Å². The summed E-state index contributed by atoms with van der Waals surface area (Å²) in [5.74, 6) is 1.45. The Morgan fingerprint density at radius 1 is 1.35 bits per heavy atom. The normalized spacial score (nSPS) is 9.88. The molecule has 0 spiro atoms. The van der Waals surface area contributed by atoms with Gasteiger partial charge in [0.2, 0.25) is 5.91 Å². The highest BCUT2D eigenvalue weighted by molar-refractivity contribution is 14.1. The fourth-order valence-electron chi connectivity index (χ4n) is 1.50. The smallest absolute Gasteiger partial charge is 0.216 e. The van der Waals surface area contributed by atoms with Crippen molar-refractivity contribution in [1.29, 1.82) is 0 Å². The van der Waals surface area contributed by atoms with Gasteiger partial charge in [0.15, 0.2) is 11.5 Å². The van der Waals surface area contributed by atoms with E-state index >= 15 is 0 Å². The van der Waals surface area contributed by atoms with Crippen molar-refractivity contribution in [3.8, 4) is 11.5 Å². The number of amides is 1. The molecule has 1 N–H and O–H groups in total. The van der Waals surface area contributed by atoms with Crippen LogP contribution < -0.4 is 14.8 Å². The quantitative estimate of drug-likeness (QED) is 0.828. The van der Waals surface area contributed by atoms with Crippen LogP contribution >= 0.6 is 22.6 Å². The first kappa shape index (κ1) is 14.1. The highest BCUT2D eigenvalue weighted by atomic mass is 127. The Morgan fingerprint density at radius 2 is 2.06 bits per heavy atom. The first-order valence-corrected chi connectivity index (χ1v) is 6.31. The average Bonchev–Trinajstić information content (AvgIpc) is 2.27.